The third-order valence-electron chi connectivity index (χ3n) is 5.36. The summed E-state index contributed by atoms with van der Waals surface area (Å²) in [6.45, 7) is 4.77. The number of hydrogen-bond acceptors (Lipinski definition) is 4. The lowest BCUT2D eigenvalue weighted by Crippen LogP contribution is -2.52. The summed E-state index contributed by atoms with van der Waals surface area (Å²) in [7, 11) is -3.92. The predicted molar refractivity (Wildman–Crippen MR) is 143 cm³/mol. The van der Waals surface area contributed by atoms with Gasteiger partial charge in [0.05, 0.1) is 27.0 Å². The highest BCUT2D eigenvalue weighted by Gasteiger charge is 2.31. The van der Waals surface area contributed by atoms with Gasteiger partial charge < -0.3 is 10.2 Å². The summed E-state index contributed by atoms with van der Waals surface area (Å²) in [5, 5.41) is 3.87. The molecule has 12 heteroatoms. The molecule has 0 fully saturated rings. The van der Waals surface area contributed by atoms with E-state index < -0.39 is 28.5 Å². The van der Waals surface area contributed by atoms with E-state index in [1.54, 1.807) is 25.1 Å². The maximum atomic E-state index is 13.5. The Labute approximate surface area is 226 Å². The molecule has 0 aromatic heterocycles. The maximum absolute atomic E-state index is 13.5. The summed E-state index contributed by atoms with van der Waals surface area (Å²) in [6.07, 6.45) is 1.67. The van der Waals surface area contributed by atoms with Gasteiger partial charge in [-0.2, -0.15) is 0 Å². The molecule has 0 aliphatic carbocycles. The third-order valence-corrected chi connectivity index (χ3v) is 7.77. The number of rotatable bonds is 10. The van der Waals surface area contributed by atoms with Crippen LogP contribution in [0.2, 0.25) is 20.1 Å². The first-order valence-electron chi connectivity index (χ1n) is 10.7. The molecule has 0 saturated heterocycles. The molecule has 2 atom stereocenters. The van der Waals surface area contributed by atoms with Crippen molar-refractivity contribution in [2.75, 3.05) is 17.1 Å². The molecule has 0 spiro atoms. The topological polar surface area (TPSA) is 86.8 Å². The largest absolute Gasteiger partial charge is 0.352 e. The normalized spacial score (nSPS) is 13.1. The standard InChI is InChI=1S/C23H27Cl4N3O4S/c1-5-14(2)28-23(32)15(3)29(12-16-6-8-18(25)19(26)10-16)22(31)13-30(35(4,33)34)21-9-7-17(24)11-20(21)27/h6-11,14-15H,5,12-13H2,1-4H3,(H,28,32). The lowest BCUT2D eigenvalue weighted by molar-refractivity contribution is -0.139. The van der Waals surface area contributed by atoms with Crippen molar-refractivity contribution in [2.45, 2.75) is 45.8 Å². The van der Waals surface area contributed by atoms with Crippen molar-refractivity contribution in [3.05, 3.63) is 62.1 Å². The Morgan fingerprint density at radius 2 is 1.63 bits per heavy atom. The van der Waals surface area contributed by atoms with Crippen LogP contribution in [-0.2, 0) is 26.2 Å². The highest BCUT2D eigenvalue weighted by molar-refractivity contribution is 7.92. The Kier molecular flexibility index (Phi) is 10.5. The minimum atomic E-state index is -3.92. The number of amides is 2. The molecule has 2 rings (SSSR count). The number of benzene rings is 2. The van der Waals surface area contributed by atoms with Gasteiger partial charge >= 0.3 is 0 Å². The Morgan fingerprint density at radius 1 is 0.971 bits per heavy atom. The van der Waals surface area contributed by atoms with Crippen molar-refractivity contribution >= 4 is 73.9 Å². The molecule has 0 aliphatic rings. The number of anilines is 1. The quantitative estimate of drug-likeness (QED) is 0.406. The molecule has 35 heavy (non-hydrogen) atoms. The predicted octanol–water partition coefficient (Wildman–Crippen LogP) is 5.40. The summed E-state index contributed by atoms with van der Waals surface area (Å²) in [5.41, 5.74) is 0.712. The molecule has 2 amide bonds. The average molecular weight is 583 g/mol. The summed E-state index contributed by atoms with van der Waals surface area (Å²) in [4.78, 5) is 27.7. The van der Waals surface area contributed by atoms with Crippen molar-refractivity contribution < 1.29 is 18.0 Å². The first kappa shape index (κ1) is 29.5. The van der Waals surface area contributed by atoms with Crippen LogP contribution in [0.4, 0.5) is 5.69 Å². The molecule has 0 saturated carbocycles. The highest BCUT2D eigenvalue weighted by atomic mass is 35.5. The van der Waals surface area contributed by atoms with E-state index >= 15 is 0 Å². The highest BCUT2D eigenvalue weighted by Crippen LogP contribution is 2.31. The fourth-order valence-electron chi connectivity index (χ4n) is 3.16. The average Bonchev–Trinajstić information content (AvgIpc) is 2.77. The molecule has 0 radical (unpaired) electrons. The van der Waals surface area contributed by atoms with E-state index in [0.29, 0.717) is 27.1 Å². The molecule has 1 N–H and O–H groups in total. The van der Waals surface area contributed by atoms with Crippen LogP contribution in [0.1, 0.15) is 32.8 Å². The van der Waals surface area contributed by atoms with Crippen molar-refractivity contribution in [1.29, 1.82) is 0 Å². The fraction of sp³-hybridized carbons (Fsp3) is 0.391. The first-order chi connectivity index (χ1) is 16.2. The van der Waals surface area contributed by atoms with Crippen LogP contribution in [0, 0.1) is 0 Å². The summed E-state index contributed by atoms with van der Waals surface area (Å²) < 4.78 is 26.1. The van der Waals surface area contributed by atoms with Crippen LogP contribution in [-0.4, -0.2) is 50.0 Å². The Morgan fingerprint density at radius 3 is 2.17 bits per heavy atom. The van der Waals surface area contributed by atoms with Crippen molar-refractivity contribution in [2.24, 2.45) is 0 Å². The number of carbonyl (C=O) groups is 2. The molecular weight excluding hydrogens is 556 g/mol. The molecule has 2 aromatic rings. The summed E-state index contributed by atoms with van der Waals surface area (Å²) in [5.74, 6) is -0.984. The molecule has 0 aliphatic heterocycles. The van der Waals surface area contributed by atoms with Crippen molar-refractivity contribution in [3.63, 3.8) is 0 Å². The molecule has 7 nitrogen and oxygen atoms in total. The van der Waals surface area contributed by atoms with Gasteiger partial charge in [0.1, 0.15) is 12.6 Å². The van der Waals surface area contributed by atoms with Crippen LogP contribution < -0.4 is 9.62 Å². The monoisotopic (exact) mass is 581 g/mol. The van der Waals surface area contributed by atoms with Gasteiger partial charge in [-0.05, 0) is 56.2 Å². The smallest absolute Gasteiger partial charge is 0.244 e. The van der Waals surface area contributed by atoms with E-state index in [9.17, 15) is 18.0 Å². The van der Waals surface area contributed by atoms with Gasteiger partial charge in [-0.15, -0.1) is 0 Å². The van der Waals surface area contributed by atoms with Gasteiger partial charge in [0, 0.05) is 17.6 Å². The van der Waals surface area contributed by atoms with E-state index in [-0.39, 0.29) is 29.2 Å². The van der Waals surface area contributed by atoms with Crippen LogP contribution in [0.15, 0.2) is 36.4 Å². The molecule has 0 bridgehead atoms. The lowest BCUT2D eigenvalue weighted by Gasteiger charge is -2.32. The van der Waals surface area contributed by atoms with Crippen molar-refractivity contribution in [3.8, 4) is 0 Å². The van der Waals surface area contributed by atoms with Crippen LogP contribution in [0.3, 0.4) is 0 Å². The van der Waals surface area contributed by atoms with E-state index in [1.807, 2.05) is 13.8 Å². The van der Waals surface area contributed by atoms with E-state index in [1.165, 1.54) is 23.1 Å². The molecular formula is C23H27Cl4N3O4S. The zero-order valence-electron chi connectivity index (χ0n) is 19.7. The van der Waals surface area contributed by atoms with Gasteiger partial charge in [0.2, 0.25) is 21.8 Å². The number of sulfonamides is 1. The second-order valence-electron chi connectivity index (χ2n) is 8.13. The minimum Gasteiger partial charge on any atom is -0.352 e. The second-order valence-corrected chi connectivity index (χ2v) is 11.7. The third kappa shape index (κ3) is 8.15. The van der Waals surface area contributed by atoms with E-state index in [4.69, 9.17) is 46.4 Å². The Balaban J connectivity index is 2.44. The number of hydrogen-bond donors (Lipinski definition) is 1. The number of nitrogens with one attached hydrogen (secondary N) is 1. The zero-order chi connectivity index (χ0) is 26.5. The van der Waals surface area contributed by atoms with Crippen LogP contribution in [0.5, 0.6) is 0 Å². The van der Waals surface area contributed by atoms with Crippen LogP contribution in [0.25, 0.3) is 0 Å². The van der Waals surface area contributed by atoms with Gasteiger partial charge in [0.25, 0.3) is 0 Å². The van der Waals surface area contributed by atoms with E-state index in [2.05, 4.69) is 5.32 Å². The maximum Gasteiger partial charge on any atom is 0.244 e. The number of nitrogens with zero attached hydrogens (tertiary/aromatic N) is 2. The lowest BCUT2D eigenvalue weighted by atomic mass is 10.1. The SMILES string of the molecule is CCC(C)NC(=O)C(C)N(Cc1ccc(Cl)c(Cl)c1)C(=O)CN(c1ccc(Cl)cc1Cl)S(C)(=O)=O. The van der Waals surface area contributed by atoms with E-state index in [0.717, 1.165) is 10.6 Å². The van der Waals surface area contributed by atoms with Gasteiger partial charge in [0.15, 0.2) is 0 Å². The summed E-state index contributed by atoms with van der Waals surface area (Å²) >= 11 is 24.3. The fourth-order valence-corrected chi connectivity index (χ4v) is 4.90. The number of carbonyl (C=O) groups excluding carboxylic acids is 2. The second kappa shape index (κ2) is 12.5. The Hall–Kier alpha value is -1.71. The Bertz CT molecular complexity index is 1190. The molecule has 192 valence electrons. The summed E-state index contributed by atoms with van der Waals surface area (Å²) in [6, 6.07) is 8.12. The first-order valence-corrected chi connectivity index (χ1v) is 14.1. The molecule has 2 aromatic carbocycles. The van der Waals surface area contributed by atoms with Gasteiger partial charge in [-0.25, -0.2) is 8.42 Å². The zero-order valence-corrected chi connectivity index (χ0v) is 23.5. The molecule has 2 unspecified atom stereocenters. The number of halogens is 4. The van der Waals surface area contributed by atoms with Gasteiger partial charge in [-0.1, -0.05) is 59.4 Å². The minimum absolute atomic E-state index is 0.00321. The van der Waals surface area contributed by atoms with Gasteiger partial charge in [-0.3, -0.25) is 13.9 Å². The van der Waals surface area contributed by atoms with Crippen LogP contribution >= 0.6 is 46.4 Å². The molecule has 0 heterocycles. The van der Waals surface area contributed by atoms with Crippen molar-refractivity contribution in [1.82, 2.24) is 10.2 Å².